The highest BCUT2D eigenvalue weighted by molar-refractivity contribution is 7.23. The molecule has 7 heteroatoms. The standard InChI is InChI=1S/C24H27FN2O3S/c1-26(2)24-22(20-9-8-19(29-3)12-21(20)31-24)23(28)17-4-6-18(7-5-17)30-11-10-27-14-16(13-25)15-27/h4-9,12,16H,10-11,13-15H2,1-3H3. The lowest BCUT2D eigenvalue weighted by molar-refractivity contribution is 0.0668. The third kappa shape index (κ3) is 4.52. The Morgan fingerprint density at radius 1 is 1.16 bits per heavy atom. The van der Waals surface area contributed by atoms with Gasteiger partial charge in [-0.15, -0.1) is 11.3 Å². The smallest absolute Gasteiger partial charge is 0.196 e. The van der Waals surface area contributed by atoms with E-state index in [9.17, 15) is 9.18 Å². The van der Waals surface area contributed by atoms with Gasteiger partial charge in [0.05, 0.1) is 19.3 Å². The van der Waals surface area contributed by atoms with Crippen LogP contribution in [0.25, 0.3) is 10.1 Å². The maximum atomic E-state index is 13.4. The zero-order valence-electron chi connectivity index (χ0n) is 18.1. The van der Waals surface area contributed by atoms with E-state index in [2.05, 4.69) is 4.90 Å². The Morgan fingerprint density at radius 3 is 2.52 bits per heavy atom. The summed E-state index contributed by atoms with van der Waals surface area (Å²) in [6.07, 6.45) is 0. The van der Waals surface area contributed by atoms with E-state index in [1.54, 1.807) is 18.4 Å². The van der Waals surface area contributed by atoms with Crippen LogP contribution in [0.3, 0.4) is 0 Å². The second-order valence-corrected chi connectivity index (χ2v) is 9.05. The lowest BCUT2D eigenvalue weighted by atomic mass is 10.0. The molecule has 2 aromatic carbocycles. The summed E-state index contributed by atoms with van der Waals surface area (Å²) in [6.45, 7) is 2.71. The van der Waals surface area contributed by atoms with Crippen LogP contribution in [0.2, 0.25) is 0 Å². The number of benzene rings is 2. The molecule has 2 heterocycles. The highest BCUT2D eigenvalue weighted by Gasteiger charge is 2.26. The summed E-state index contributed by atoms with van der Waals surface area (Å²) in [5.74, 6) is 1.68. The predicted molar refractivity (Wildman–Crippen MR) is 124 cm³/mol. The molecule has 1 saturated heterocycles. The number of carbonyl (C=O) groups excluding carboxylic acids is 1. The fraction of sp³-hybridized carbons (Fsp3) is 0.375. The van der Waals surface area contributed by atoms with E-state index in [-0.39, 0.29) is 18.4 Å². The van der Waals surface area contributed by atoms with E-state index < -0.39 is 0 Å². The number of rotatable bonds is 9. The van der Waals surface area contributed by atoms with Crippen molar-refractivity contribution in [3.8, 4) is 11.5 Å². The topological polar surface area (TPSA) is 42.0 Å². The second kappa shape index (κ2) is 9.24. The van der Waals surface area contributed by atoms with Crippen molar-refractivity contribution in [1.82, 2.24) is 4.90 Å². The SMILES string of the molecule is COc1ccc2c(C(=O)c3ccc(OCCN4CC(CF)C4)cc3)c(N(C)C)sc2c1. The van der Waals surface area contributed by atoms with Gasteiger partial charge in [0.15, 0.2) is 5.78 Å². The van der Waals surface area contributed by atoms with E-state index >= 15 is 0 Å². The van der Waals surface area contributed by atoms with Crippen LogP contribution in [0.15, 0.2) is 42.5 Å². The fourth-order valence-electron chi connectivity index (χ4n) is 3.82. The van der Waals surface area contributed by atoms with E-state index in [0.717, 1.165) is 46.2 Å². The number of thiophene rings is 1. The zero-order valence-corrected chi connectivity index (χ0v) is 18.9. The van der Waals surface area contributed by atoms with Gasteiger partial charge in [-0.1, -0.05) is 0 Å². The number of halogens is 1. The predicted octanol–water partition coefficient (Wildman–Crippen LogP) is 4.49. The van der Waals surface area contributed by atoms with Crippen LogP contribution in [0, 0.1) is 5.92 Å². The average Bonchev–Trinajstić information content (AvgIpc) is 3.14. The minimum atomic E-state index is -0.241. The molecule has 0 unspecified atom stereocenters. The number of methoxy groups -OCH3 is 1. The normalized spacial score (nSPS) is 14.5. The number of ketones is 1. The molecule has 164 valence electrons. The van der Waals surface area contributed by atoms with Crippen LogP contribution in [0.1, 0.15) is 15.9 Å². The van der Waals surface area contributed by atoms with Crippen LogP contribution in [0.5, 0.6) is 11.5 Å². The molecule has 0 N–H and O–H groups in total. The Morgan fingerprint density at radius 2 is 1.87 bits per heavy atom. The highest BCUT2D eigenvalue weighted by Crippen LogP contribution is 2.40. The lowest BCUT2D eigenvalue weighted by Gasteiger charge is -2.37. The number of carbonyl (C=O) groups is 1. The van der Waals surface area contributed by atoms with Crippen molar-refractivity contribution < 1.29 is 18.7 Å². The number of anilines is 1. The van der Waals surface area contributed by atoms with Gasteiger partial charge in [-0.2, -0.15) is 0 Å². The Kier molecular flexibility index (Phi) is 6.43. The maximum absolute atomic E-state index is 13.4. The second-order valence-electron chi connectivity index (χ2n) is 8.02. The van der Waals surface area contributed by atoms with E-state index in [0.29, 0.717) is 17.7 Å². The third-order valence-electron chi connectivity index (χ3n) is 5.56. The molecular weight excluding hydrogens is 415 g/mol. The summed E-state index contributed by atoms with van der Waals surface area (Å²) in [4.78, 5) is 17.6. The number of ether oxygens (including phenoxy) is 2. The molecule has 0 aliphatic carbocycles. The first kappa shape index (κ1) is 21.6. The minimum absolute atomic E-state index is 0.00971. The molecule has 1 fully saturated rings. The Bertz CT molecular complexity index is 1060. The van der Waals surface area contributed by atoms with Crippen LogP contribution < -0.4 is 14.4 Å². The van der Waals surface area contributed by atoms with Gasteiger partial charge in [-0.05, 0) is 42.5 Å². The molecule has 31 heavy (non-hydrogen) atoms. The average molecular weight is 443 g/mol. The van der Waals surface area contributed by atoms with Crippen LogP contribution in [0.4, 0.5) is 9.39 Å². The molecule has 0 spiro atoms. The van der Waals surface area contributed by atoms with E-state index in [4.69, 9.17) is 9.47 Å². The van der Waals surface area contributed by atoms with Crippen LogP contribution in [-0.2, 0) is 0 Å². The quantitative estimate of drug-likeness (QED) is 0.457. The molecular formula is C24H27FN2O3S. The number of hydrogen-bond acceptors (Lipinski definition) is 6. The first-order valence-electron chi connectivity index (χ1n) is 10.3. The monoisotopic (exact) mass is 442 g/mol. The molecule has 0 saturated carbocycles. The van der Waals surface area contributed by atoms with Crippen molar-refractivity contribution >= 4 is 32.2 Å². The molecule has 1 aliphatic heterocycles. The van der Waals surface area contributed by atoms with Crippen molar-refractivity contribution in [3.63, 3.8) is 0 Å². The minimum Gasteiger partial charge on any atom is -0.497 e. The van der Waals surface area contributed by atoms with Crippen LogP contribution >= 0.6 is 11.3 Å². The summed E-state index contributed by atoms with van der Waals surface area (Å²) in [5, 5.41) is 1.86. The van der Waals surface area contributed by atoms with Gasteiger partial charge >= 0.3 is 0 Å². The van der Waals surface area contributed by atoms with Crippen molar-refractivity contribution in [2.24, 2.45) is 5.92 Å². The van der Waals surface area contributed by atoms with Gasteiger partial charge in [-0.3, -0.25) is 14.1 Å². The summed E-state index contributed by atoms with van der Waals surface area (Å²) in [5.41, 5.74) is 1.33. The molecule has 4 rings (SSSR count). The molecule has 0 bridgehead atoms. The van der Waals surface area contributed by atoms with Crippen LogP contribution in [-0.4, -0.2) is 64.8 Å². The van der Waals surface area contributed by atoms with Crippen molar-refractivity contribution in [2.45, 2.75) is 0 Å². The molecule has 1 aliphatic rings. The molecule has 5 nitrogen and oxygen atoms in total. The first-order chi connectivity index (χ1) is 15.0. The number of alkyl halides is 1. The summed E-state index contributed by atoms with van der Waals surface area (Å²) >= 11 is 1.58. The van der Waals surface area contributed by atoms with Crippen molar-refractivity contribution in [2.75, 3.05) is 59.0 Å². The summed E-state index contributed by atoms with van der Waals surface area (Å²) in [6, 6.07) is 13.1. The van der Waals surface area contributed by atoms with E-state index in [1.165, 1.54) is 0 Å². The number of fused-ring (bicyclic) bond motifs is 1. The van der Waals surface area contributed by atoms with Gasteiger partial charge < -0.3 is 14.4 Å². The Labute approximate surface area is 186 Å². The van der Waals surface area contributed by atoms with Gasteiger partial charge in [0.25, 0.3) is 0 Å². The van der Waals surface area contributed by atoms with Gasteiger partial charge in [0, 0.05) is 55.3 Å². The first-order valence-corrected chi connectivity index (χ1v) is 11.2. The van der Waals surface area contributed by atoms with Crippen molar-refractivity contribution in [1.29, 1.82) is 0 Å². The van der Waals surface area contributed by atoms with E-state index in [1.807, 2.05) is 61.5 Å². The molecule has 0 atom stereocenters. The highest BCUT2D eigenvalue weighted by atomic mass is 32.1. The summed E-state index contributed by atoms with van der Waals surface area (Å²) in [7, 11) is 5.54. The number of hydrogen-bond donors (Lipinski definition) is 0. The largest absolute Gasteiger partial charge is 0.497 e. The Balaban J connectivity index is 1.48. The van der Waals surface area contributed by atoms with Crippen molar-refractivity contribution in [3.05, 3.63) is 53.6 Å². The maximum Gasteiger partial charge on any atom is 0.196 e. The molecule has 1 aromatic heterocycles. The lowest BCUT2D eigenvalue weighted by Crippen LogP contribution is -2.49. The molecule has 0 amide bonds. The molecule has 3 aromatic rings. The third-order valence-corrected chi connectivity index (χ3v) is 6.88. The number of likely N-dealkylation sites (tertiary alicyclic amines) is 1. The molecule has 0 radical (unpaired) electrons. The van der Waals surface area contributed by atoms with Gasteiger partial charge in [-0.25, -0.2) is 0 Å². The Hall–Kier alpha value is -2.64. The summed E-state index contributed by atoms with van der Waals surface area (Å²) < 4.78 is 24.7. The fourth-order valence-corrected chi connectivity index (χ4v) is 4.97. The zero-order chi connectivity index (χ0) is 22.0. The van der Waals surface area contributed by atoms with Gasteiger partial charge in [0.2, 0.25) is 0 Å². The van der Waals surface area contributed by atoms with Gasteiger partial charge in [0.1, 0.15) is 23.1 Å². The number of nitrogens with zero attached hydrogens (tertiary/aromatic N) is 2.